The molecule has 1 aromatic heterocycles. The highest BCUT2D eigenvalue weighted by Gasteiger charge is 2.22. The van der Waals surface area contributed by atoms with Crippen molar-refractivity contribution in [1.82, 2.24) is 14.5 Å². The van der Waals surface area contributed by atoms with Gasteiger partial charge in [-0.25, -0.2) is 9.37 Å². The molecular formula is C21H22FN5O3. The molecule has 0 aliphatic carbocycles. The molecule has 8 nitrogen and oxygen atoms in total. The third kappa shape index (κ3) is 4.52. The van der Waals surface area contributed by atoms with Crippen LogP contribution >= 0.6 is 0 Å². The Bertz CT molecular complexity index is 1080. The second kappa shape index (κ2) is 8.83. The van der Waals surface area contributed by atoms with E-state index in [-0.39, 0.29) is 34.6 Å². The lowest BCUT2D eigenvalue weighted by Crippen LogP contribution is -2.27. The first kappa shape index (κ1) is 21.1. The van der Waals surface area contributed by atoms with Gasteiger partial charge in [-0.3, -0.25) is 14.9 Å². The Hall–Kier alpha value is -3.59. The van der Waals surface area contributed by atoms with Crippen molar-refractivity contribution in [3.8, 4) is 0 Å². The van der Waals surface area contributed by atoms with Gasteiger partial charge in [-0.1, -0.05) is 12.1 Å². The number of hydrogen-bond acceptors (Lipinski definition) is 6. The molecule has 1 atom stereocenters. The van der Waals surface area contributed by atoms with E-state index >= 15 is 0 Å². The number of benzene rings is 2. The minimum absolute atomic E-state index is 0.177. The molecule has 0 saturated heterocycles. The van der Waals surface area contributed by atoms with Crippen molar-refractivity contribution in [1.29, 1.82) is 0 Å². The number of imidazole rings is 1. The van der Waals surface area contributed by atoms with Crippen LogP contribution in [0.25, 0.3) is 0 Å². The molecule has 1 N–H and O–H groups in total. The van der Waals surface area contributed by atoms with E-state index in [1.165, 1.54) is 36.5 Å². The first-order chi connectivity index (χ1) is 14.3. The Morgan fingerprint density at radius 3 is 2.67 bits per heavy atom. The number of rotatable bonds is 8. The second-order valence-electron chi connectivity index (χ2n) is 7.10. The fourth-order valence-electron chi connectivity index (χ4n) is 3.21. The van der Waals surface area contributed by atoms with Crippen molar-refractivity contribution < 1.29 is 14.1 Å². The van der Waals surface area contributed by atoms with Crippen LogP contribution in [-0.2, 0) is 7.05 Å². The Morgan fingerprint density at radius 1 is 1.30 bits per heavy atom. The lowest BCUT2D eigenvalue weighted by molar-refractivity contribution is -0.384. The summed E-state index contributed by atoms with van der Waals surface area (Å²) in [7, 11) is 5.37. The lowest BCUT2D eigenvalue weighted by Gasteiger charge is -2.25. The number of nitrogens with one attached hydrogen (secondary N) is 1. The van der Waals surface area contributed by atoms with Gasteiger partial charge in [0.1, 0.15) is 11.5 Å². The highest BCUT2D eigenvalue weighted by molar-refractivity contribution is 6.07. The Kier molecular flexibility index (Phi) is 6.22. The molecule has 9 heteroatoms. The Balaban J connectivity index is 1.86. The van der Waals surface area contributed by atoms with E-state index in [1.807, 2.05) is 19.0 Å². The highest BCUT2D eigenvalue weighted by atomic mass is 19.1. The molecule has 0 radical (unpaired) electrons. The van der Waals surface area contributed by atoms with Crippen LogP contribution in [0.5, 0.6) is 0 Å². The van der Waals surface area contributed by atoms with Crippen LogP contribution in [0.15, 0.2) is 54.9 Å². The van der Waals surface area contributed by atoms with Crippen molar-refractivity contribution in [3.63, 3.8) is 0 Å². The topological polar surface area (TPSA) is 93.3 Å². The van der Waals surface area contributed by atoms with Gasteiger partial charge in [-0.2, -0.15) is 0 Å². The Labute approximate surface area is 173 Å². The number of nitrogens with zero attached hydrogens (tertiary/aromatic N) is 4. The van der Waals surface area contributed by atoms with Gasteiger partial charge in [0, 0.05) is 37.6 Å². The summed E-state index contributed by atoms with van der Waals surface area (Å²) in [5, 5.41) is 14.7. The number of hydrogen-bond donors (Lipinski definition) is 1. The smallest absolute Gasteiger partial charge is 0.293 e. The van der Waals surface area contributed by atoms with Crippen LogP contribution in [0, 0.1) is 15.9 Å². The molecule has 2 aromatic carbocycles. The standard InChI is InChI=1S/C21H22FN5O3/c1-25(2)19(14-5-4-6-16(22)11-14)13-24-17-8-7-15(12-18(17)27(29)30)20(28)21-23-9-10-26(21)3/h4-12,19,24H,13H2,1-3H3. The number of likely N-dealkylation sites (N-methyl/N-ethyl adjacent to an activating group) is 1. The van der Waals surface area contributed by atoms with Gasteiger partial charge in [-0.05, 0) is 43.9 Å². The number of nitro groups is 1. The lowest BCUT2D eigenvalue weighted by atomic mass is 10.0. The third-order valence-corrected chi connectivity index (χ3v) is 4.82. The van der Waals surface area contributed by atoms with Crippen LogP contribution in [0.4, 0.5) is 15.8 Å². The SMILES string of the molecule is CN(C)C(CNc1ccc(C(=O)c2nccn2C)cc1[N+](=O)[O-])c1cccc(F)c1. The van der Waals surface area contributed by atoms with Gasteiger partial charge >= 0.3 is 0 Å². The quantitative estimate of drug-likeness (QED) is 0.347. The van der Waals surface area contributed by atoms with Gasteiger partial charge in [0.25, 0.3) is 5.69 Å². The van der Waals surface area contributed by atoms with Gasteiger partial charge < -0.3 is 14.8 Å². The average Bonchev–Trinajstić information content (AvgIpc) is 3.13. The summed E-state index contributed by atoms with van der Waals surface area (Å²) in [6.07, 6.45) is 3.12. The van der Waals surface area contributed by atoms with Crippen molar-refractivity contribution >= 4 is 17.2 Å². The predicted molar refractivity (Wildman–Crippen MR) is 111 cm³/mol. The van der Waals surface area contributed by atoms with Gasteiger partial charge in [0.05, 0.1) is 11.0 Å². The number of carbonyl (C=O) groups excluding carboxylic acids is 1. The summed E-state index contributed by atoms with van der Waals surface area (Å²) in [5.41, 5.74) is 0.985. The molecule has 1 heterocycles. The van der Waals surface area contributed by atoms with E-state index in [4.69, 9.17) is 0 Å². The number of halogens is 1. The molecule has 0 saturated carbocycles. The number of aromatic nitrogens is 2. The molecule has 0 aliphatic heterocycles. The van der Waals surface area contributed by atoms with E-state index < -0.39 is 10.7 Å². The molecule has 1 unspecified atom stereocenters. The highest BCUT2D eigenvalue weighted by Crippen LogP contribution is 2.28. The normalized spacial score (nSPS) is 12.0. The van der Waals surface area contributed by atoms with E-state index in [0.29, 0.717) is 6.54 Å². The molecule has 0 fully saturated rings. The molecule has 3 aromatic rings. The molecule has 3 rings (SSSR count). The van der Waals surface area contributed by atoms with Crippen LogP contribution in [-0.4, -0.2) is 45.8 Å². The van der Waals surface area contributed by atoms with Crippen LogP contribution < -0.4 is 5.32 Å². The van der Waals surface area contributed by atoms with Crippen LogP contribution in [0.2, 0.25) is 0 Å². The number of ketones is 1. The van der Waals surface area contributed by atoms with Crippen molar-refractivity contribution in [3.05, 3.63) is 87.7 Å². The second-order valence-corrected chi connectivity index (χ2v) is 7.10. The first-order valence-corrected chi connectivity index (χ1v) is 9.24. The first-order valence-electron chi connectivity index (χ1n) is 9.24. The molecule has 0 spiro atoms. The van der Waals surface area contributed by atoms with Crippen molar-refractivity contribution in [2.75, 3.05) is 26.0 Å². The molecular weight excluding hydrogens is 389 g/mol. The molecule has 0 amide bonds. The van der Waals surface area contributed by atoms with E-state index in [9.17, 15) is 19.3 Å². The maximum absolute atomic E-state index is 13.6. The summed E-state index contributed by atoms with van der Waals surface area (Å²) in [5.74, 6) is -0.547. The number of anilines is 1. The molecule has 0 aliphatic rings. The Morgan fingerprint density at radius 2 is 2.07 bits per heavy atom. The summed E-state index contributed by atoms with van der Waals surface area (Å²) < 4.78 is 15.2. The van der Waals surface area contributed by atoms with Crippen LogP contribution in [0.1, 0.15) is 27.8 Å². The maximum atomic E-state index is 13.6. The fourth-order valence-corrected chi connectivity index (χ4v) is 3.21. The maximum Gasteiger partial charge on any atom is 0.293 e. The molecule has 156 valence electrons. The number of nitro benzene ring substituents is 1. The van der Waals surface area contributed by atoms with Crippen molar-refractivity contribution in [2.24, 2.45) is 7.05 Å². The van der Waals surface area contributed by atoms with E-state index in [0.717, 1.165) is 5.56 Å². The van der Waals surface area contributed by atoms with Gasteiger partial charge in [0.2, 0.25) is 5.78 Å². The third-order valence-electron chi connectivity index (χ3n) is 4.82. The zero-order valence-electron chi connectivity index (χ0n) is 16.9. The predicted octanol–water partition coefficient (Wildman–Crippen LogP) is 3.41. The summed E-state index contributed by atoms with van der Waals surface area (Å²) in [6, 6.07) is 10.3. The zero-order valence-corrected chi connectivity index (χ0v) is 16.9. The van der Waals surface area contributed by atoms with Gasteiger partial charge in [0.15, 0.2) is 5.82 Å². The molecule has 30 heavy (non-hydrogen) atoms. The monoisotopic (exact) mass is 411 g/mol. The average molecular weight is 411 g/mol. The summed E-state index contributed by atoms with van der Waals surface area (Å²) >= 11 is 0. The largest absolute Gasteiger partial charge is 0.378 e. The summed E-state index contributed by atoms with van der Waals surface area (Å²) in [4.78, 5) is 29.6. The van der Waals surface area contributed by atoms with Crippen LogP contribution in [0.3, 0.4) is 0 Å². The molecule has 0 bridgehead atoms. The van der Waals surface area contributed by atoms with Gasteiger partial charge in [-0.15, -0.1) is 0 Å². The van der Waals surface area contributed by atoms with E-state index in [2.05, 4.69) is 10.3 Å². The van der Waals surface area contributed by atoms with E-state index in [1.54, 1.807) is 29.9 Å². The minimum atomic E-state index is -0.537. The minimum Gasteiger partial charge on any atom is -0.378 e. The fraction of sp³-hybridized carbons (Fsp3) is 0.238. The zero-order chi connectivity index (χ0) is 21.8. The summed E-state index contributed by atoms with van der Waals surface area (Å²) in [6.45, 7) is 0.309. The number of aryl methyl sites for hydroxylation is 1. The number of carbonyl (C=O) groups is 1. The van der Waals surface area contributed by atoms with Crippen molar-refractivity contribution in [2.45, 2.75) is 6.04 Å².